The number of unbranched alkanes of at least 4 members (excludes halogenated alkanes) is 1. The molecule has 1 rings (SSSR count). The predicted molar refractivity (Wildman–Crippen MR) is 118 cm³/mol. The Balaban J connectivity index is 2.57. The highest BCUT2D eigenvalue weighted by Crippen LogP contribution is 2.33. The van der Waals surface area contributed by atoms with Crippen molar-refractivity contribution in [3.63, 3.8) is 0 Å². The lowest BCUT2D eigenvalue weighted by Crippen LogP contribution is -2.43. The molecule has 1 aromatic carbocycles. The van der Waals surface area contributed by atoms with Gasteiger partial charge in [0.25, 0.3) is 5.91 Å². The Labute approximate surface area is 180 Å². The summed E-state index contributed by atoms with van der Waals surface area (Å²) >= 11 is 6.42. The number of nitrogens with one attached hydrogen (secondary N) is 2. The third-order valence-corrected chi connectivity index (χ3v) is 4.24. The van der Waals surface area contributed by atoms with Gasteiger partial charge in [0, 0.05) is 36.4 Å². The van der Waals surface area contributed by atoms with Gasteiger partial charge in [0.15, 0.2) is 18.1 Å². The number of benzene rings is 1. The lowest BCUT2D eigenvalue weighted by Gasteiger charge is -2.21. The van der Waals surface area contributed by atoms with Crippen molar-refractivity contribution in [3.05, 3.63) is 22.7 Å². The molecule has 0 bridgehead atoms. The first-order valence-electron chi connectivity index (χ1n) is 10.4. The summed E-state index contributed by atoms with van der Waals surface area (Å²) in [5, 5.41) is 6.81. The third-order valence-electron chi connectivity index (χ3n) is 3.89. The number of carbonyl (C=O) groups excluding carboxylic acids is 1. The number of hydrogen-bond acceptors (Lipinski definition) is 5. The molecule has 29 heavy (non-hydrogen) atoms. The monoisotopic (exact) mass is 428 g/mol. The average molecular weight is 429 g/mol. The van der Waals surface area contributed by atoms with Gasteiger partial charge < -0.3 is 24.8 Å². The van der Waals surface area contributed by atoms with Gasteiger partial charge in [0.2, 0.25) is 0 Å². The molecule has 166 valence electrons. The summed E-state index contributed by atoms with van der Waals surface area (Å²) in [6, 6.07) is 3.58. The molecule has 0 aliphatic rings. The van der Waals surface area contributed by atoms with Gasteiger partial charge in [-0.25, -0.2) is 0 Å². The molecule has 0 unspecified atom stereocenters. The van der Waals surface area contributed by atoms with E-state index in [9.17, 15) is 4.79 Å². The van der Waals surface area contributed by atoms with E-state index in [-0.39, 0.29) is 18.1 Å². The van der Waals surface area contributed by atoms with E-state index in [4.69, 9.17) is 25.8 Å². The lowest BCUT2D eigenvalue weighted by atomic mass is 10.1. The van der Waals surface area contributed by atoms with Crippen LogP contribution in [0.5, 0.6) is 11.5 Å². The molecule has 0 spiro atoms. The summed E-state index contributed by atoms with van der Waals surface area (Å²) in [4.78, 5) is 12.0. The van der Waals surface area contributed by atoms with Gasteiger partial charge in [0.1, 0.15) is 0 Å². The predicted octanol–water partition coefficient (Wildman–Crippen LogP) is 4.33. The van der Waals surface area contributed by atoms with Crippen LogP contribution < -0.4 is 20.1 Å². The van der Waals surface area contributed by atoms with Crippen molar-refractivity contribution in [1.82, 2.24) is 10.6 Å². The largest absolute Gasteiger partial charge is 0.490 e. The van der Waals surface area contributed by atoms with Crippen LogP contribution in [0.3, 0.4) is 0 Å². The zero-order valence-corrected chi connectivity index (χ0v) is 19.3. The summed E-state index contributed by atoms with van der Waals surface area (Å²) in [7, 11) is 0. The lowest BCUT2D eigenvalue weighted by molar-refractivity contribution is -0.124. The highest BCUT2D eigenvalue weighted by molar-refractivity contribution is 6.31. The summed E-state index contributed by atoms with van der Waals surface area (Å²) in [6.07, 6.45) is 3.21. The molecule has 1 aromatic rings. The molecule has 0 aliphatic carbocycles. The Bertz CT molecular complexity index is 618. The quantitative estimate of drug-likeness (QED) is 0.431. The van der Waals surface area contributed by atoms with Crippen LogP contribution in [0.1, 0.15) is 59.4 Å². The maximum Gasteiger partial charge on any atom is 0.258 e. The topological polar surface area (TPSA) is 68.8 Å². The molecule has 0 radical (unpaired) electrons. The fraction of sp³-hybridized carbons (Fsp3) is 0.682. The molecule has 7 heteroatoms. The number of halogens is 1. The number of carbonyl (C=O) groups is 1. The Kier molecular flexibility index (Phi) is 12.0. The second-order valence-corrected chi connectivity index (χ2v) is 8.31. The Morgan fingerprint density at radius 3 is 2.41 bits per heavy atom. The Morgan fingerprint density at radius 1 is 1.07 bits per heavy atom. The molecule has 0 saturated heterocycles. The minimum atomic E-state index is -0.308. The second kappa shape index (κ2) is 13.7. The zero-order chi connectivity index (χ0) is 21.7. The van der Waals surface area contributed by atoms with Crippen LogP contribution in [0.4, 0.5) is 0 Å². The standard InChI is InChI=1S/C22H37ClN2O4/c1-6-8-11-27-12-9-10-24-15-17-13-19(28-7-2)20(14-18(17)23)29-16-21(26)25-22(3,4)5/h13-14,24H,6-12,15-16H2,1-5H3,(H,25,26). The number of hydrogen-bond donors (Lipinski definition) is 2. The maximum absolute atomic E-state index is 12.0. The van der Waals surface area contributed by atoms with Crippen molar-refractivity contribution < 1.29 is 19.0 Å². The van der Waals surface area contributed by atoms with E-state index < -0.39 is 0 Å². The summed E-state index contributed by atoms with van der Waals surface area (Å²) in [5.41, 5.74) is 0.616. The van der Waals surface area contributed by atoms with E-state index in [0.29, 0.717) is 29.7 Å². The van der Waals surface area contributed by atoms with Crippen LogP contribution in [0.2, 0.25) is 5.02 Å². The highest BCUT2D eigenvalue weighted by Gasteiger charge is 2.16. The molecule has 2 N–H and O–H groups in total. The highest BCUT2D eigenvalue weighted by atomic mass is 35.5. The minimum Gasteiger partial charge on any atom is -0.490 e. The molecule has 1 amide bonds. The van der Waals surface area contributed by atoms with Gasteiger partial charge in [-0.3, -0.25) is 4.79 Å². The normalized spacial score (nSPS) is 11.4. The minimum absolute atomic E-state index is 0.0939. The summed E-state index contributed by atoms with van der Waals surface area (Å²) in [6.45, 7) is 13.3. The van der Waals surface area contributed by atoms with E-state index in [1.54, 1.807) is 6.07 Å². The molecule has 0 aliphatic heterocycles. The van der Waals surface area contributed by atoms with Gasteiger partial charge in [-0.2, -0.15) is 0 Å². The van der Waals surface area contributed by atoms with Crippen LogP contribution >= 0.6 is 11.6 Å². The first kappa shape index (κ1) is 25.5. The van der Waals surface area contributed by atoms with Crippen molar-refractivity contribution in [2.45, 2.75) is 66.0 Å². The number of rotatable bonds is 14. The SMILES string of the molecule is CCCCOCCCNCc1cc(OCC)c(OCC(=O)NC(C)(C)C)cc1Cl. The second-order valence-electron chi connectivity index (χ2n) is 7.91. The summed E-state index contributed by atoms with van der Waals surface area (Å²) in [5.74, 6) is 0.858. The fourth-order valence-corrected chi connectivity index (χ4v) is 2.78. The van der Waals surface area contributed by atoms with E-state index in [1.165, 1.54) is 0 Å². The van der Waals surface area contributed by atoms with Crippen LogP contribution in [-0.4, -0.2) is 44.4 Å². The first-order valence-corrected chi connectivity index (χ1v) is 10.8. The van der Waals surface area contributed by atoms with Crippen LogP contribution in [0.25, 0.3) is 0 Å². The van der Waals surface area contributed by atoms with Crippen molar-refractivity contribution in [3.8, 4) is 11.5 Å². The van der Waals surface area contributed by atoms with Crippen molar-refractivity contribution in [2.75, 3.05) is 33.0 Å². The molecule has 0 aromatic heterocycles. The van der Waals surface area contributed by atoms with Crippen LogP contribution in [-0.2, 0) is 16.1 Å². The van der Waals surface area contributed by atoms with E-state index in [2.05, 4.69) is 17.6 Å². The van der Waals surface area contributed by atoms with Gasteiger partial charge in [0.05, 0.1) is 6.61 Å². The van der Waals surface area contributed by atoms with Crippen molar-refractivity contribution in [2.24, 2.45) is 0 Å². The molecule has 6 nitrogen and oxygen atoms in total. The van der Waals surface area contributed by atoms with Crippen LogP contribution in [0.15, 0.2) is 12.1 Å². The molecule has 0 atom stereocenters. The van der Waals surface area contributed by atoms with E-state index in [0.717, 1.165) is 44.6 Å². The number of amides is 1. The van der Waals surface area contributed by atoms with Crippen LogP contribution in [0, 0.1) is 0 Å². The average Bonchev–Trinajstić information content (AvgIpc) is 2.63. The number of ether oxygens (including phenoxy) is 3. The Hall–Kier alpha value is -1.50. The smallest absolute Gasteiger partial charge is 0.258 e. The zero-order valence-electron chi connectivity index (χ0n) is 18.5. The fourth-order valence-electron chi connectivity index (χ4n) is 2.56. The molecule has 0 heterocycles. The Morgan fingerprint density at radius 2 is 1.76 bits per heavy atom. The van der Waals surface area contributed by atoms with E-state index in [1.807, 2.05) is 33.8 Å². The van der Waals surface area contributed by atoms with Crippen molar-refractivity contribution >= 4 is 17.5 Å². The molecular formula is C22H37ClN2O4. The van der Waals surface area contributed by atoms with Crippen molar-refractivity contribution in [1.29, 1.82) is 0 Å². The molecular weight excluding hydrogens is 392 g/mol. The van der Waals surface area contributed by atoms with Gasteiger partial charge in [-0.05, 0) is 58.7 Å². The molecule has 0 saturated carbocycles. The van der Waals surface area contributed by atoms with E-state index >= 15 is 0 Å². The maximum atomic E-state index is 12.0. The van der Waals surface area contributed by atoms with Gasteiger partial charge >= 0.3 is 0 Å². The first-order chi connectivity index (χ1) is 13.8. The molecule has 0 fully saturated rings. The third kappa shape index (κ3) is 11.3. The van der Waals surface area contributed by atoms with Gasteiger partial charge in [-0.1, -0.05) is 24.9 Å². The van der Waals surface area contributed by atoms with Gasteiger partial charge in [-0.15, -0.1) is 0 Å². The summed E-state index contributed by atoms with van der Waals surface area (Å²) < 4.78 is 16.9.